The van der Waals surface area contributed by atoms with Crippen LogP contribution >= 0.6 is 0 Å². The maximum absolute atomic E-state index is 13.4. The molecule has 2 nitrogen and oxygen atoms in total. The van der Waals surface area contributed by atoms with E-state index >= 15 is 0 Å². The van der Waals surface area contributed by atoms with E-state index < -0.39 is 0 Å². The first-order valence-corrected chi connectivity index (χ1v) is 4.99. The summed E-state index contributed by atoms with van der Waals surface area (Å²) in [5.74, 6) is 0.309. The number of methoxy groups -OCH3 is 1. The smallest absolute Gasteiger partial charge is 0.213 e. The van der Waals surface area contributed by atoms with Crippen molar-refractivity contribution in [3.05, 3.63) is 47.8 Å². The molecule has 0 fully saturated rings. The molecule has 0 bridgehead atoms. The molecule has 0 saturated heterocycles. The highest BCUT2D eigenvalue weighted by molar-refractivity contribution is 5.63. The molecule has 0 unspecified atom stereocenters. The molecule has 0 atom stereocenters. The predicted octanol–water partition coefficient (Wildman–Crippen LogP) is 3.20. The van der Waals surface area contributed by atoms with Crippen LogP contribution in [-0.4, -0.2) is 12.1 Å². The lowest BCUT2D eigenvalue weighted by Crippen LogP contribution is -1.92. The fourth-order valence-electron chi connectivity index (χ4n) is 1.56. The Morgan fingerprint density at radius 3 is 2.62 bits per heavy atom. The van der Waals surface area contributed by atoms with Gasteiger partial charge in [-0.25, -0.2) is 9.37 Å². The molecule has 0 radical (unpaired) electrons. The van der Waals surface area contributed by atoms with Crippen molar-refractivity contribution < 1.29 is 9.13 Å². The number of nitrogens with zero attached hydrogens (tertiary/aromatic N) is 1. The Hall–Kier alpha value is -1.90. The van der Waals surface area contributed by atoms with E-state index in [2.05, 4.69) is 4.98 Å². The Bertz CT molecular complexity index is 511. The van der Waals surface area contributed by atoms with Crippen molar-refractivity contribution in [2.24, 2.45) is 0 Å². The van der Waals surface area contributed by atoms with E-state index in [1.54, 1.807) is 26.2 Å². The number of hydrogen-bond donors (Lipinski definition) is 0. The van der Waals surface area contributed by atoms with Gasteiger partial charge in [0.1, 0.15) is 5.82 Å². The molecule has 0 amide bonds. The second kappa shape index (κ2) is 4.31. The normalized spacial score (nSPS) is 10.2. The van der Waals surface area contributed by atoms with Gasteiger partial charge in [-0.15, -0.1) is 0 Å². The van der Waals surface area contributed by atoms with Crippen molar-refractivity contribution in [3.8, 4) is 17.1 Å². The minimum absolute atomic E-state index is 0.220. The van der Waals surface area contributed by atoms with E-state index in [1.807, 2.05) is 18.2 Å². The number of halogens is 1. The highest BCUT2D eigenvalue weighted by Crippen LogP contribution is 2.24. The van der Waals surface area contributed by atoms with Crippen LogP contribution in [0.25, 0.3) is 11.3 Å². The monoisotopic (exact) mass is 217 g/mol. The van der Waals surface area contributed by atoms with Crippen LogP contribution in [0.4, 0.5) is 4.39 Å². The molecule has 1 aromatic carbocycles. The Morgan fingerprint density at radius 2 is 1.88 bits per heavy atom. The maximum Gasteiger partial charge on any atom is 0.213 e. The first kappa shape index (κ1) is 10.6. The summed E-state index contributed by atoms with van der Waals surface area (Å²) >= 11 is 0. The molecule has 3 heteroatoms. The summed E-state index contributed by atoms with van der Waals surface area (Å²) in [6, 6.07) is 10.4. The molecule has 2 aromatic rings. The van der Waals surface area contributed by atoms with Gasteiger partial charge in [0.25, 0.3) is 0 Å². The lowest BCUT2D eigenvalue weighted by atomic mass is 10.0. The van der Waals surface area contributed by atoms with Crippen LogP contribution in [0.3, 0.4) is 0 Å². The van der Waals surface area contributed by atoms with E-state index in [-0.39, 0.29) is 5.82 Å². The van der Waals surface area contributed by atoms with Crippen LogP contribution < -0.4 is 4.74 Å². The van der Waals surface area contributed by atoms with Gasteiger partial charge in [-0.2, -0.15) is 0 Å². The molecule has 1 aromatic heterocycles. The van der Waals surface area contributed by atoms with Crippen LogP contribution in [0.1, 0.15) is 5.56 Å². The molecule has 0 spiro atoms. The van der Waals surface area contributed by atoms with Crippen molar-refractivity contribution in [2.45, 2.75) is 6.92 Å². The van der Waals surface area contributed by atoms with E-state index in [4.69, 9.17) is 4.74 Å². The number of ether oxygens (including phenoxy) is 1. The van der Waals surface area contributed by atoms with Gasteiger partial charge < -0.3 is 4.74 Å². The number of pyridine rings is 1. The fourth-order valence-corrected chi connectivity index (χ4v) is 1.56. The number of benzene rings is 1. The third kappa shape index (κ3) is 1.89. The maximum atomic E-state index is 13.4. The minimum Gasteiger partial charge on any atom is -0.481 e. The SMILES string of the molecule is COc1cccc(-c2cccc(F)c2C)n1. The second-order valence-corrected chi connectivity index (χ2v) is 3.48. The quantitative estimate of drug-likeness (QED) is 0.770. The van der Waals surface area contributed by atoms with Crippen LogP contribution in [-0.2, 0) is 0 Å². The van der Waals surface area contributed by atoms with Gasteiger partial charge in [0.2, 0.25) is 5.88 Å². The Kier molecular flexibility index (Phi) is 2.86. The zero-order valence-electron chi connectivity index (χ0n) is 9.20. The van der Waals surface area contributed by atoms with E-state index in [1.165, 1.54) is 6.07 Å². The molecule has 0 N–H and O–H groups in total. The van der Waals surface area contributed by atoms with Crippen LogP contribution in [0.15, 0.2) is 36.4 Å². The van der Waals surface area contributed by atoms with Crippen molar-refractivity contribution in [1.29, 1.82) is 0 Å². The van der Waals surface area contributed by atoms with Crippen LogP contribution in [0, 0.1) is 12.7 Å². The first-order valence-electron chi connectivity index (χ1n) is 4.99. The zero-order valence-corrected chi connectivity index (χ0v) is 9.20. The van der Waals surface area contributed by atoms with Crippen molar-refractivity contribution in [3.63, 3.8) is 0 Å². The zero-order chi connectivity index (χ0) is 11.5. The molecule has 82 valence electrons. The molecular weight excluding hydrogens is 205 g/mol. The van der Waals surface area contributed by atoms with Crippen molar-refractivity contribution >= 4 is 0 Å². The predicted molar refractivity (Wildman–Crippen MR) is 60.9 cm³/mol. The third-order valence-corrected chi connectivity index (χ3v) is 2.48. The van der Waals surface area contributed by atoms with E-state index in [0.29, 0.717) is 11.4 Å². The minimum atomic E-state index is -0.220. The van der Waals surface area contributed by atoms with Crippen molar-refractivity contribution in [2.75, 3.05) is 7.11 Å². The Balaban J connectivity index is 2.54. The lowest BCUT2D eigenvalue weighted by Gasteiger charge is -2.07. The fraction of sp³-hybridized carbons (Fsp3) is 0.154. The highest BCUT2D eigenvalue weighted by atomic mass is 19.1. The summed E-state index contributed by atoms with van der Waals surface area (Å²) in [7, 11) is 1.56. The lowest BCUT2D eigenvalue weighted by molar-refractivity contribution is 0.398. The summed E-state index contributed by atoms with van der Waals surface area (Å²) in [6.45, 7) is 1.74. The molecule has 16 heavy (non-hydrogen) atoms. The standard InChI is InChI=1S/C13H12FNO/c1-9-10(5-3-6-11(9)14)12-7-4-8-13(15-12)16-2/h3-8H,1-2H3. The third-order valence-electron chi connectivity index (χ3n) is 2.48. The molecule has 2 rings (SSSR count). The second-order valence-electron chi connectivity index (χ2n) is 3.48. The van der Waals surface area contributed by atoms with Crippen LogP contribution in [0.5, 0.6) is 5.88 Å². The van der Waals surface area contributed by atoms with Crippen LogP contribution in [0.2, 0.25) is 0 Å². The number of aromatic nitrogens is 1. The summed E-state index contributed by atoms with van der Waals surface area (Å²) in [4.78, 5) is 4.27. The van der Waals surface area contributed by atoms with Gasteiger partial charge in [-0.1, -0.05) is 18.2 Å². The van der Waals surface area contributed by atoms with Gasteiger partial charge in [0.15, 0.2) is 0 Å². The molecule has 1 heterocycles. The largest absolute Gasteiger partial charge is 0.481 e. The van der Waals surface area contributed by atoms with Gasteiger partial charge in [-0.3, -0.25) is 0 Å². The Morgan fingerprint density at radius 1 is 1.12 bits per heavy atom. The van der Waals surface area contributed by atoms with E-state index in [0.717, 1.165) is 11.3 Å². The average molecular weight is 217 g/mol. The number of hydrogen-bond acceptors (Lipinski definition) is 2. The summed E-state index contributed by atoms with van der Waals surface area (Å²) in [5, 5.41) is 0. The molecule has 0 aliphatic heterocycles. The molecule has 0 aliphatic carbocycles. The van der Waals surface area contributed by atoms with Gasteiger partial charge >= 0.3 is 0 Å². The molecule has 0 aliphatic rings. The molecule has 0 saturated carbocycles. The summed E-state index contributed by atoms with van der Waals surface area (Å²) in [5.41, 5.74) is 2.11. The number of rotatable bonds is 2. The summed E-state index contributed by atoms with van der Waals surface area (Å²) in [6.07, 6.45) is 0. The average Bonchev–Trinajstić information content (AvgIpc) is 2.33. The highest BCUT2D eigenvalue weighted by Gasteiger charge is 2.07. The van der Waals surface area contributed by atoms with Gasteiger partial charge in [-0.05, 0) is 24.6 Å². The summed E-state index contributed by atoms with van der Waals surface area (Å²) < 4.78 is 18.4. The molecular formula is C13H12FNO. The topological polar surface area (TPSA) is 22.1 Å². The Labute approximate surface area is 93.7 Å². The van der Waals surface area contributed by atoms with Gasteiger partial charge in [0, 0.05) is 11.6 Å². The van der Waals surface area contributed by atoms with Crippen molar-refractivity contribution in [1.82, 2.24) is 4.98 Å². The van der Waals surface area contributed by atoms with Gasteiger partial charge in [0.05, 0.1) is 12.8 Å². The first-order chi connectivity index (χ1) is 7.72. The van der Waals surface area contributed by atoms with E-state index in [9.17, 15) is 4.39 Å².